The molecule has 2 rings (SSSR count). The molecule has 0 aliphatic carbocycles. The molecule has 1 aliphatic rings. The van der Waals surface area contributed by atoms with Gasteiger partial charge in [0.25, 0.3) is 0 Å². The minimum atomic E-state index is 0.227. The number of nitrogen functional groups attached to an aromatic ring is 1. The van der Waals surface area contributed by atoms with Crippen molar-refractivity contribution >= 4 is 21.7 Å². The van der Waals surface area contributed by atoms with Gasteiger partial charge in [0, 0.05) is 19.6 Å². The third-order valence-corrected chi connectivity index (χ3v) is 4.46. The van der Waals surface area contributed by atoms with Crippen molar-refractivity contribution in [2.45, 2.75) is 25.8 Å². The SMILES string of the molecule is CCCc1nc(C2CN(C)CCN2C)nc(N)c1Br. The molecule has 1 saturated heterocycles. The summed E-state index contributed by atoms with van der Waals surface area (Å²) >= 11 is 3.49. The van der Waals surface area contributed by atoms with Crippen molar-refractivity contribution < 1.29 is 0 Å². The van der Waals surface area contributed by atoms with Crippen LogP contribution in [0.2, 0.25) is 0 Å². The molecule has 0 saturated carbocycles. The summed E-state index contributed by atoms with van der Waals surface area (Å²) in [5.74, 6) is 1.40. The normalized spacial score (nSPS) is 21.8. The number of hydrogen-bond acceptors (Lipinski definition) is 5. The zero-order chi connectivity index (χ0) is 14.0. The Hall–Kier alpha value is -0.720. The van der Waals surface area contributed by atoms with Gasteiger partial charge in [-0.05, 0) is 36.4 Å². The molecule has 0 amide bonds. The Balaban J connectivity index is 2.33. The van der Waals surface area contributed by atoms with Crippen LogP contribution in [0.15, 0.2) is 4.47 Å². The first-order valence-corrected chi connectivity index (χ1v) is 7.52. The van der Waals surface area contributed by atoms with Crippen LogP contribution >= 0.6 is 15.9 Å². The molecule has 1 unspecified atom stereocenters. The lowest BCUT2D eigenvalue weighted by molar-refractivity contribution is 0.109. The third kappa shape index (κ3) is 3.24. The van der Waals surface area contributed by atoms with E-state index < -0.39 is 0 Å². The van der Waals surface area contributed by atoms with Crippen molar-refractivity contribution in [1.82, 2.24) is 19.8 Å². The summed E-state index contributed by atoms with van der Waals surface area (Å²) in [6.07, 6.45) is 1.97. The van der Waals surface area contributed by atoms with Gasteiger partial charge in [0.1, 0.15) is 11.6 Å². The van der Waals surface area contributed by atoms with Gasteiger partial charge < -0.3 is 10.6 Å². The van der Waals surface area contributed by atoms with Crippen molar-refractivity contribution in [3.05, 3.63) is 16.0 Å². The highest BCUT2D eigenvalue weighted by Crippen LogP contribution is 2.27. The Morgan fingerprint density at radius 3 is 2.74 bits per heavy atom. The van der Waals surface area contributed by atoms with Crippen LogP contribution in [0.4, 0.5) is 5.82 Å². The molecule has 1 aliphatic heterocycles. The summed E-state index contributed by atoms with van der Waals surface area (Å²) in [5.41, 5.74) is 7.03. The average Bonchev–Trinajstić information content (AvgIpc) is 2.38. The Labute approximate surface area is 123 Å². The van der Waals surface area contributed by atoms with Crippen LogP contribution in [-0.4, -0.2) is 53.5 Å². The van der Waals surface area contributed by atoms with Gasteiger partial charge in [0.2, 0.25) is 0 Å². The molecule has 106 valence electrons. The largest absolute Gasteiger partial charge is 0.383 e. The highest BCUT2D eigenvalue weighted by molar-refractivity contribution is 9.10. The summed E-state index contributed by atoms with van der Waals surface area (Å²) in [6, 6.07) is 0.227. The smallest absolute Gasteiger partial charge is 0.149 e. The van der Waals surface area contributed by atoms with E-state index in [-0.39, 0.29) is 6.04 Å². The van der Waals surface area contributed by atoms with Crippen molar-refractivity contribution in [3.63, 3.8) is 0 Å². The van der Waals surface area contributed by atoms with E-state index in [0.717, 1.165) is 48.5 Å². The van der Waals surface area contributed by atoms with Crippen molar-refractivity contribution in [2.24, 2.45) is 0 Å². The van der Waals surface area contributed by atoms with E-state index in [0.29, 0.717) is 5.82 Å². The first-order valence-electron chi connectivity index (χ1n) is 6.73. The molecule has 5 nitrogen and oxygen atoms in total. The first-order chi connectivity index (χ1) is 9.02. The molecule has 0 radical (unpaired) electrons. The number of hydrogen-bond donors (Lipinski definition) is 1. The van der Waals surface area contributed by atoms with Gasteiger partial charge in [-0.15, -0.1) is 0 Å². The van der Waals surface area contributed by atoms with E-state index in [2.05, 4.69) is 51.7 Å². The number of anilines is 1. The highest BCUT2D eigenvalue weighted by atomic mass is 79.9. The molecule has 0 aromatic carbocycles. The van der Waals surface area contributed by atoms with Gasteiger partial charge in [0.15, 0.2) is 0 Å². The molecule has 1 atom stereocenters. The minimum Gasteiger partial charge on any atom is -0.383 e. The number of likely N-dealkylation sites (N-methyl/N-ethyl adjacent to an activating group) is 2. The molecule has 2 N–H and O–H groups in total. The summed E-state index contributed by atoms with van der Waals surface area (Å²) in [4.78, 5) is 13.8. The van der Waals surface area contributed by atoms with Crippen LogP contribution in [0.5, 0.6) is 0 Å². The lowest BCUT2D eigenvalue weighted by atomic mass is 10.1. The van der Waals surface area contributed by atoms with Crippen LogP contribution in [0.25, 0.3) is 0 Å². The predicted molar refractivity (Wildman–Crippen MR) is 81.0 cm³/mol. The summed E-state index contributed by atoms with van der Waals surface area (Å²) in [7, 11) is 4.26. The monoisotopic (exact) mass is 327 g/mol. The van der Waals surface area contributed by atoms with Crippen molar-refractivity contribution in [2.75, 3.05) is 39.5 Å². The van der Waals surface area contributed by atoms with Gasteiger partial charge in [-0.2, -0.15) is 0 Å². The van der Waals surface area contributed by atoms with E-state index in [9.17, 15) is 0 Å². The molecule has 1 aromatic heterocycles. The van der Waals surface area contributed by atoms with Crippen LogP contribution in [-0.2, 0) is 6.42 Å². The van der Waals surface area contributed by atoms with E-state index in [1.54, 1.807) is 0 Å². The molecular weight excluding hydrogens is 306 g/mol. The zero-order valence-corrected chi connectivity index (χ0v) is 13.4. The number of piperazine rings is 1. The molecule has 1 fully saturated rings. The lowest BCUT2D eigenvalue weighted by Gasteiger charge is -2.36. The fourth-order valence-corrected chi connectivity index (χ4v) is 2.75. The Morgan fingerprint density at radius 2 is 2.05 bits per heavy atom. The number of halogens is 1. The fourth-order valence-electron chi connectivity index (χ4n) is 2.37. The molecule has 2 heterocycles. The second-order valence-corrected chi connectivity index (χ2v) is 6.03. The first kappa shape index (κ1) is 14.7. The summed E-state index contributed by atoms with van der Waals surface area (Å²) in [5, 5.41) is 0. The van der Waals surface area contributed by atoms with Crippen molar-refractivity contribution in [1.29, 1.82) is 0 Å². The number of aromatic nitrogens is 2. The topological polar surface area (TPSA) is 58.3 Å². The van der Waals surface area contributed by atoms with Gasteiger partial charge in [-0.25, -0.2) is 9.97 Å². The minimum absolute atomic E-state index is 0.227. The van der Waals surface area contributed by atoms with E-state index in [4.69, 9.17) is 10.7 Å². The molecule has 6 heteroatoms. The van der Waals surface area contributed by atoms with Crippen LogP contribution in [0.3, 0.4) is 0 Å². The molecular formula is C13H22BrN5. The van der Waals surface area contributed by atoms with Crippen molar-refractivity contribution in [3.8, 4) is 0 Å². The fraction of sp³-hybridized carbons (Fsp3) is 0.692. The van der Waals surface area contributed by atoms with Gasteiger partial charge in [0.05, 0.1) is 16.2 Å². The predicted octanol–water partition coefficient (Wildman–Crippen LogP) is 1.69. The second-order valence-electron chi connectivity index (χ2n) is 5.24. The standard InChI is InChI=1S/C13H22BrN5/c1-4-5-9-11(14)12(15)17-13(16-9)10-8-18(2)6-7-19(10)3/h10H,4-8H2,1-3H3,(H2,15,16,17). The quantitative estimate of drug-likeness (QED) is 0.915. The third-order valence-electron chi connectivity index (χ3n) is 3.60. The van der Waals surface area contributed by atoms with E-state index >= 15 is 0 Å². The average molecular weight is 328 g/mol. The Morgan fingerprint density at radius 1 is 1.32 bits per heavy atom. The number of nitrogens with zero attached hydrogens (tertiary/aromatic N) is 4. The molecule has 0 spiro atoms. The molecule has 1 aromatic rings. The Kier molecular flexibility index (Phi) is 4.76. The molecule has 19 heavy (non-hydrogen) atoms. The van der Waals surface area contributed by atoms with Gasteiger partial charge >= 0.3 is 0 Å². The molecule has 0 bridgehead atoms. The zero-order valence-electron chi connectivity index (χ0n) is 11.9. The number of nitrogens with two attached hydrogens (primary N) is 1. The second kappa shape index (κ2) is 6.15. The highest BCUT2D eigenvalue weighted by Gasteiger charge is 2.27. The summed E-state index contributed by atoms with van der Waals surface area (Å²) < 4.78 is 0.852. The van der Waals surface area contributed by atoms with E-state index in [1.807, 2.05) is 0 Å². The number of rotatable bonds is 3. The van der Waals surface area contributed by atoms with Gasteiger partial charge in [-0.3, -0.25) is 4.90 Å². The van der Waals surface area contributed by atoms with E-state index in [1.165, 1.54) is 0 Å². The Bertz CT molecular complexity index is 451. The maximum atomic E-state index is 6.01. The maximum Gasteiger partial charge on any atom is 0.149 e. The van der Waals surface area contributed by atoms with Gasteiger partial charge in [-0.1, -0.05) is 13.3 Å². The van der Waals surface area contributed by atoms with Crippen LogP contribution in [0.1, 0.15) is 30.9 Å². The number of aryl methyl sites for hydroxylation is 1. The lowest BCUT2D eigenvalue weighted by Crippen LogP contribution is -2.45. The van der Waals surface area contributed by atoms with Crippen LogP contribution in [0, 0.1) is 0 Å². The maximum absolute atomic E-state index is 6.01. The van der Waals surface area contributed by atoms with Crippen LogP contribution < -0.4 is 5.73 Å². The summed E-state index contributed by atoms with van der Waals surface area (Å²) in [6.45, 7) is 5.21.